The molecule has 1 aliphatic heterocycles. The van der Waals surface area contributed by atoms with Crippen molar-refractivity contribution < 1.29 is 9.53 Å². The van der Waals surface area contributed by atoms with Crippen molar-refractivity contribution in [2.75, 3.05) is 18.5 Å². The molecule has 0 spiro atoms. The van der Waals surface area contributed by atoms with Crippen molar-refractivity contribution in [3.8, 4) is 0 Å². The Morgan fingerprint density at radius 1 is 1.15 bits per heavy atom. The van der Waals surface area contributed by atoms with Crippen LogP contribution < -0.4 is 4.90 Å². The first kappa shape index (κ1) is 19.2. The molecule has 1 aliphatic rings. The van der Waals surface area contributed by atoms with E-state index in [1.165, 1.54) is 0 Å². The van der Waals surface area contributed by atoms with Crippen LogP contribution >= 0.6 is 0 Å². The van der Waals surface area contributed by atoms with E-state index in [9.17, 15) is 4.79 Å². The van der Waals surface area contributed by atoms with E-state index in [2.05, 4.69) is 28.1 Å². The van der Waals surface area contributed by atoms with Crippen molar-refractivity contribution in [3.05, 3.63) is 54.2 Å². The predicted molar refractivity (Wildman–Crippen MR) is 108 cm³/mol. The lowest BCUT2D eigenvalue weighted by Crippen LogP contribution is -2.41. The molecule has 27 heavy (non-hydrogen) atoms. The van der Waals surface area contributed by atoms with E-state index >= 15 is 0 Å². The van der Waals surface area contributed by atoms with Crippen LogP contribution in [-0.2, 0) is 4.74 Å². The average molecular weight is 367 g/mol. The number of likely N-dealkylation sites (tertiary alicyclic amines) is 1. The normalized spacial score (nSPS) is 17.5. The number of amides is 1. The van der Waals surface area contributed by atoms with Crippen molar-refractivity contribution in [2.24, 2.45) is 0 Å². The first-order valence-corrected chi connectivity index (χ1v) is 9.59. The number of rotatable bonds is 3. The van der Waals surface area contributed by atoms with Crippen LogP contribution in [0.5, 0.6) is 0 Å². The predicted octanol–water partition coefficient (Wildman–Crippen LogP) is 5.31. The molecule has 1 atom stereocenters. The minimum Gasteiger partial charge on any atom is -0.444 e. The first-order valence-electron chi connectivity index (χ1n) is 9.59. The molecule has 1 aromatic carbocycles. The summed E-state index contributed by atoms with van der Waals surface area (Å²) < 4.78 is 5.61. The lowest BCUT2D eigenvalue weighted by Gasteiger charge is -2.37. The van der Waals surface area contributed by atoms with Crippen LogP contribution in [0, 0.1) is 0 Å². The molecule has 5 nitrogen and oxygen atoms in total. The van der Waals surface area contributed by atoms with Crippen LogP contribution in [0.25, 0.3) is 0 Å². The molecule has 144 valence electrons. The monoisotopic (exact) mass is 367 g/mol. The zero-order valence-electron chi connectivity index (χ0n) is 16.7. The highest BCUT2D eigenvalue weighted by Gasteiger charge is 2.31. The largest absolute Gasteiger partial charge is 0.444 e. The number of carbonyl (C=O) groups excluding carboxylic acids is 1. The van der Waals surface area contributed by atoms with Crippen molar-refractivity contribution in [1.82, 2.24) is 9.88 Å². The van der Waals surface area contributed by atoms with E-state index in [0.717, 1.165) is 42.9 Å². The highest BCUT2D eigenvalue weighted by Crippen LogP contribution is 2.33. The van der Waals surface area contributed by atoms with Crippen molar-refractivity contribution in [2.45, 2.75) is 51.7 Å². The number of piperidine rings is 1. The lowest BCUT2D eigenvalue weighted by atomic mass is 9.97. The molecule has 3 rings (SSSR count). The molecule has 2 aromatic rings. The van der Waals surface area contributed by atoms with Crippen LogP contribution in [0.4, 0.5) is 16.3 Å². The summed E-state index contributed by atoms with van der Waals surface area (Å²) in [6.07, 6.45) is 4.71. The Balaban J connectivity index is 1.77. The molecule has 2 heterocycles. The van der Waals surface area contributed by atoms with Crippen molar-refractivity contribution >= 4 is 17.6 Å². The van der Waals surface area contributed by atoms with Crippen LogP contribution in [0.15, 0.2) is 48.7 Å². The molecule has 1 amide bonds. The molecule has 0 bridgehead atoms. The molecule has 1 aromatic heterocycles. The maximum Gasteiger partial charge on any atom is 0.410 e. The minimum absolute atomic E-state index is 0.0252. The summed E-state index contributed by atoms with van der Waals surface area (Å²) in [6, 6.07) is 14.3. The number of nitrogens with zero attached hydrogens (tertiary/aromatic N) is 3. The summed E-state index contributed by atoms with van der Waals surface area (Å²) in [7, 11) is 2.00. The fourth-order valence-corrected chi connectivity index (χ4v) is 3.39. The fraction of sp³-hybridized carbons (Fsp3) is 0.455. The first-order chi connectivity index (χ1) is 12.8. The summed E-state index contributed by atoms with van der Waals surface area (Å²) in [5.41, 5.74) is 1.66. The quantitative estimate of drug-likeness (QED) is 0.737. The average Bonchev–Trinajstić information content (AvgIpc) is 2.67. The zero-order chi connectivity index (χ0) is 19.4. The van der Waals surface area contributed by atoms with Gasteiger partial charge in [0.2, 0.25) is 0 Å². The summed E-state index contributed by atoms with van der Waals surface area (Å²) in [5.74, 6) is 0.879. The third-order valence-corrected chi connectivity index (χ3v) is 4.77. The van der Waals surface area contributed by atoms with E-state index < -0.39 is 5.60 Å². The number of pyridine rings is 1. The van der Waals surface area contributed by atoms with Gasteiger partial charge in [0, 0.05) is 25.5 Å². The molecule has 0 unspecified atom stereocenters. The highest BCUT2D eigenvalue weighted by atomic mass is 16.6. The Bertz CT molecular complexity index is 753. The number of ether oxygens (including phenoxy) is 1. The van der Waals surface area contributed by atoms with Crippen LogP contribution in [-0.4, -0.2) is 35.2 Å². The van der Waals surface area contributed by atoms with Gasteiger partial charge in [0.1, 0.15) is 11.4 Å². The Morgan fingerprint density at radius 3 is 2.52 bits per heavy atom. The molecule has 1 saturated heterocycles. The van der Waals surface area contributed by atoms with E-state index in [-0.39, 0.29) is 12.1 Å². The van der Waals surface area contributed by atoms with Gasteiger partial charge in [-0.1, -0.05) is 24.3 Å². The smallest absolute Gasteiger partial charge is 0.410 e. The van der Waals surface area contributed by atoms with Gasteiger partial charge in [-0.3, -0.25) is 0 Å². The molecule has 0 saturated carbocycles. The number of hydrogen-bond donors (Lipinski definition) is 0. The summed E-state index contributed by atoms with van der Waals surface area (Å²) in [4.78, 5) is 21.2. The molecule has 0 aliphatic carbocycles. The molecule has 1 fully saturated rings. The maximum absolute atomic E-state index is 12.6. The van der Waals surface area contributed by atoms with Gasteiger partial charge in [-0.25, -0.2) is 9.78 Å². The lowest BCUT2D eigenvalue weighted by molar-refractivity contribution is 0.00948. The zero-order valence-corrected chi connectivity index (χ0v) is 16.7. The molecule has 5 heteroatoms. The molecular formula is C22H29N3O2. The van der Waals surface area contributed by atoms with E-state index in [1.54, 1.807) is 0 Å². The van der Waals surface area contributed by atoms with E-state index in [1.807, 2.05) is 63.2 Å². The second kappa shape index (κ2) is 7.99. The Hall–Kier alpha value is -2.56. The van der Waals surface area contributed by atoms with Gasteiger partial charge in [-0.05, 0) is 63.8 Å². The fourth-order valence-electron chi connectivity index (χ4n) is 3.39. The number of aromatic nitrogens is 1. The Labute approximate surface area is 162 Å². The number of anilines is 2. The number of para-hydroxylation sites is 1. The third kappa shape index (κ3) is 4.79. The minimum atomic E-state index is -0.487. The van der Waals surface area contributed by atoms with Gasteiger partial charge in [-0.15, -0.1) is 0 Å². The van der Waals surface area contributed by atoms with Crippen LogP contribution in [0.3, 0.4) is 0 Å². The molecule has 0 N–H and O–H groups in total. The van der Waals surface area contributed by atoms with E-state index in [0.29, 0.717) is 0 Å². The van der Waals surface area contributed by atoms with Gasteiger partial charge < -0.3 is 14.5 Å². The van der Waals surface area contributed by atoms with Gasteiger partial charge in [0.05, 0.1) is 6.04 Å². The van der Waals surface area contributed by atoms with Gasteiger partial charge in [-0.2, -0.15) is 0 Å². The van der Waals surface area contributed by atoms with Crippen molar-refractivity contribution in [1.29, 1.82) is 0 Å². The Kier molecular flexibility index (Phi) is 5.68. The summed E-state index contributed by atoms with van der Waals surface area (Å²) in [6.45, 7) is 6.43. The van der Waals surface area contributed by atoms with E-state index in [4.69, 9.17) is 4.74 Å². The summed E-state index contributed by atoms with van der Waals surface area (Å²) in [5, 5.41) is 0. The molecule has 0 radical (unpaired) electrons. The van der Waals surface area contributed by atoms with Gasteiger partial charge >= 0.3 is 6.09 Å². The SMILES string of the molecule is CN(c1ccccc1)c1ccc([C@@H]2CCCCN2C(=O)OC(C)(C)C)cn1. The standard InChI is InChI=1S/C22H29N3O2/c1-22(2,3)27-21(26)25-15-9-8-12-19(25)17-13-14-20(23-16-17)24(4)18-10-6-5-7-11-18/h5-7,10-11,13-14,16,19H,8-9,12,15H2,1-4H3/t19-/m0/s1. The number of benzene rings is 1. The topological polar surface area (TPSA) is 45.7 Å². The summed E-state index contributed by atoms with van der Waals surface area (Å²) >= 11 is 0. The second-order valence-electron chi connectivity index (χ2n) is 8.03. The van der Waals surface area contributed by atoms with Gasteiger partial charge in [0.25, 0.3) is 0 Å². The van der Waals surface area contributed by atoms with Crippen LogP contribution in [0.1, 0.15) is 51.6 Å². The highest BCUT2D eigenvalue weighted by molar-refractivity contribution is 5.69. The third-order valence-electron chi connectivity index (χ3n) is 4.77. The van der Waals surface area contributed by atoms with Crippen molar-refractivity contribution in [3.63, 3.8) is 0 Å². The number of hydrogen-bond acceptors (Lipinski definition) is 4. The van der Waals surface area contributed by atoms with Gasteiger partial charge in [0.15, 0.2) is 0 Å². The van der Waals surface area contributed by atoms with Crippen LogP contribution in [0.2, 0.25) is 0 Å². The number of carbonyl (C=O) groups is 1. The maximum atomic E-state index is 12.6. The second-order valence-corrected chi connectivity index (χ2v) is 8.03. The molecular weight excluding hydrogens is 338 g/mol. The Morgan fingerprint density at radius 2 is 1.89 bits per heavy atom.